The van der Waals surface area contributed by atoms with E-state index < -0.39 is 0 Å². The van der Waals surface area contributed by atoms with Gasteiger partial charge in [-0.05, 0) is 24.2 Å². The quantitative estimate of drug-likeness (QED) is 0.775. The Balaban J connectivity index is 1.73. The zero-order chi connectivity index (χ0) is 14.4. The maximum Gasteiger partial charge on any atom is 0.224 e. The van der Waals surface area contributed by atoms with E-state index in [9.17, 15) is 4.79 Å². The standard InChI is InChI=1S/C15H23N3O2/c1-2-18-7-8-20-14(11-18)10-17-15(19)9-12-3-5-13(16)6-4-12/h3-6,14H,2,7-11,16H2,1H3,(H,17,19). The Morgan fingerprint density at radius 2 is 2.20 bits per heavy atom. The molecular formula is C15H23N3O2. The second-order valence-corrected chi connectivity index (χ2v) is 5.11. The Bertz CT molecular complexity index is 433. The molecule has 1 aliphatic heterocycles. The van der Waals surface area contributed by atoms with Crippen LogP contribution in [0, 0.1) is 0 Å². The van der Waals surface area contributed by atoms with Crippen LogP contribution in [-0.4, -0.2) is 49.7 Å². The number of nitrogens with two attached hydrogens (primary N) is 1. The molecule has 3 N–H and O–H groups in total. The summed E-state index contributed by atoms with van der Waals surface area (Å²) >= 11 is 0. The molecule has 1 heterocycles. The number of benzene rings is 1. The molecule has 1 aliphatic rings. The maximum absolute atomic E-state index is 11.9. The van der Waals surface area contributed by atoms with Gasteiger partial charge in [0.15, 0.2) is 0 Å². The van der Waals surface area contributed by atoms with E-state index >= 15 is 0 Å². The summed E-state index contributed by atoms with van der Waals surface area (Å²) in [5.41, 5.74) is 7.30. The summed E-state index contributed by atoms with van der Waals surface area (Å²) < 4.78 is 5.65. The molecule has 1 saturated heterocycles. The van der Waals surface area contributed by atoms with Crippen LogP contribution in [0.5, 0.6) is 0 Å². The number of likely N-dealkylation sites (N-methyl/N-ethyl adjacent to an activating group) is 1. The Morgan fingerprint density at radius 3 is 2.90 bits per heavy atom. The van der Waals surface area contributed by atoms with Crippen LogP contribution in [0.15, 0.2) is 24.3 Å². The lowest BCUT2D eigenvalue weighted by Gasteiger charge is -2.32. The number of nitrogens with one attached hydrogen (secondary N) is 1. The molecule has 5 nitrogen and oxygen atoms in total. The SMILES string of the molecule is CCN1CCOC(CNC(=O)Cc2ccc(N)cc2)C1. The van der Waals surface area contributed by atoms with Gasteiger partial charge in [0.2, 0.25) is 5.91 Å². The van der Waals surface area contributed by atoms with E-state index in [1.54, 1.807) is 0 Å². The van der Waals surface area contributed by atoms with Crippen LogP contribution < -0.4 is 11.1 Å². The van der Waals surface area contributed by atoms with E-state index in [4.69, 9.17) is 10.5 Å². The van der Waals surface area contributed by atoms with Gasteiger partial charge in [-0.2, -0.15) is 0 Å². The van der Waals surface area contributed by atoms with E-state index in [1.807, 2.05) is 24.3 Å². The summed E-state index contributed by atoms with van der Waals surface area (Å²) in [6.45, 7) is 6.35. The number of ether oxygens (including phenoxy) is 1. The van der Waals surface area contributed by atoms with Crippen LogP contribution in [-0.2, 0) is 16.0 Å². The first-order valence-electron chi connectivity index (χ1n) is 7.12. The van der Waals surface area contributed by atoms with E-state index in [0.717, 1.165) is 31.8 Å². The Hall–Kier alpha value is -1.59. The van der Waals surface area contributed by atoms with Crippen molar-refractivity contribution in [2.24, 2.45) is 0 Å². The molecule has 0 aromatic heterocycles. The predicted molar refractivity (Wildman–Crippen MR) is 79.4 cm³/mol. The molecule has 5 heteroatoms. The lowest BCUT2D eigenvalue weighted by Crippen LogP contribution is -2.47. The lowest BCUT2D eigenvalue weighted by atomic mass is 10.1. The van der Waals surface area contributed by atoms with Gasteiger partial charge in [-0.15, -0.1) is 0 Å². The topological polar surface area (TPSA) is 67.6 Å². The second-order valence-electron chi connectivity index (χ2n) is 5.11. The molecule has 1 fully saturated rings. The largest absolute Gasteiger partial charge is 0.399 e. The summed E-state index contributed by atoms with van der Waals surface area (Å²) in [5, 5.41) is 2.94. The molecule has 20 heavy (non-hydrogen) atoms. The minimum Gasteiger partial charge on any atom is -0.399 e. The van der Waals surface area contributed by atoms with E-state index in [2.05, 4.69) is 17.1 Å². The van der Waals surface area contributed by atoms with Gasteiger partial charge in [0, 0.05) is 25.3 Å². The van der Waals surface area contributed by atoms with Crippen molar-refractivity contribution < 1.29 is 9.53 Å². The molecular weight excluding hydrogens is 254 g/mol. The van der Waals surface area contributed by atoms with Gasteiger partial charge in [0.25, 0.3) is 0 Å². The smallest absolute Gasteiger partial charge is 0.224 e. The molecule has 1 unspecified atom stereocenters. The molecule has 0 spiro atoms. The maximum atomic E-state index is 11.9. The van der Waals surface area contributed by atoms with Crippen LogP contribution in [0.3, 0.4) is 0 Å². The number of nitrogen functional groups attached to an aromatic ring is 1. The molecule has 0 bridgehead atoms. The van der Waals surface area contributed by atoms with Gasteiger partial charge in [-0.3, -0.25) is 9.69 Å². The second kappa shape index (κ2) is 7.26. The zero-order valence-corrected chi connectivity index (χ0v) is 12.0. The molecule has 0 aliphatic carbocycles. The fourth-order valence-corrected chi connectivity index (χ4v) is 2.30. The van der Waals surface area contributed by atoms with Gasteiger partial charge in [-0.25, -0.2) is 0 Å². The molecule has 2 rings (SSSR count). The highest BCUT2D eigenvalue weighted by Gasteiger charge is 2.19. The van der Waals surface area contributed by atoms with Crippen LogP contribution in [0.2, 0.25) is 0 Å². The van der Waals surface area contributed by atoms with E-state index in [1.165, 1.54) is 0 Å². The Kier molecular flexibility index (Phi) is 5.38. The van der Waals surface area contributed by atoms with Gasteiger partial charge in [0.1, 0.15) is 0 Å². The van der Waals surface area contributed by atoms with Crippen molar-refractivity contribution in [2.45, 2.75) is 19.4 Å². The number of morpholine rings is 1. The number of rotatable bonds is 5. The monoisotopic (exact) mass is 277 g/mol. The van der Waals surface area contributed by atoms with Crippen molar-refractivity contribution in [2.75, 3.05) is 38.5 Å². The summed E-state index contributed by atoms with van der Waals surface area (Å²) in [4.78, 5) is 14.2. The van der Waals surface area contributed by atoms with Crippen molar-refractivity contribution in [1.82, 2.24) is 10.2 Å². The third-order valence-electron chi connectivity index (χ3n) is 3.54. The number of hydrogen-bond donors (Lipinski definition) is 2. The Labute approximate surface area is 120 Å². The number of anilines is 1. The van der Waals surface area contributed by atoms with E-state index in [0.29, 0.717) is 18.7 Å². The predicted octanol–water partition coefficient (Wildman–Crippen LogP) is 0.648. The number of amides is 1. The first-order chi connectivity index (χ1) is 9.67. The molecule has 110 valence electrons. The summed E-state index contributed by atoms with van der Waals surface area (Å²) in [6, 6.07) is 7.38. The highest BCUT2D eigenvalue weighted by Crippen LogP contribution is 2.07. The molecule has 1 aromatic carbocycles. The Morgan fingerprint density at radius 1 is 1.45 bits per heavy atom. The van der Waals surface area contributed by atoms with Gasteiger partial charge < -0.3 is 15.8 Å². The molecule has 1 aromatic rings. The van der Waals surface area contributed by atoms with Gasteiger partial charge >= 0.3 is 0 Å². The fourth-order valence-electron chi connectivity index (χ4n) is 2.30. The average molecular weight is 277 g/mol. The van der Waals surface area contributed by atoms with Crippen LogP contribution >= 0.6 is 0 Å². The summed E-state index contributed by atoms with van der Waals surface area (Å²) in [6.07, 6.45) is 0.476. The first-order valence-corrected chi connectivity index (χ1v) is 7.12. The van der Waals surface area contributed by atoms with Crippen molar-refractivity contribution >= 4 is 11.6 Å². The molecule has 1 atom stereocenters. The van der Waals surface area contributed by atoms with Gasteiger partial charge in [0.05, 0.1) is 19.1 Å². The van der Waals surface area contributed by atoms with E-state index in [-0.39, 0.29) is 12.0 Å². The zero-order valence-electron chi connectivity index (χ0n) is 12.0. The third-order valence-corrected chi connectivity index (χ3v) is 3.54. The minimum absolute atomic E-state index is 0.0204. The minimum atomic E-state index is 0.0204. The lowest BCUT2D eigenvalue weighted by molar-refractivity contribution is -0.121. The number of carbonyl (C=O) groups is 1. The highest BCUT2D eigenvalue weighted by molar-refractivity contribution is 5.78. The number of carbonyl (C=O) groups excluding carboxylic acids is 1. The fraction of sp³-hybridized carbons (Fsp3) is 0.533. The van der Waals surface area contributed by atoms with Crippen molar-refractivity contribution in [3.63, 3.8) is 0 Å². The first kappa shape index (κ1) is 14.8. The third kappa shape index (κ3) is 4.51. The van der Waals surface area contributed by atoms with Crippen molar-refractivity contribution in [3.05, 3.63) is 29.8 Å². The normalized spacial score (nSPS) is 19.8. The van der Waals surface area contributed by atoms with Crippen LogP contribution in [0.1, 0.15) is 12.5 Å². The van der Waals surface area contributed by atoms with Crippen LogP contribution in [0.4, 0.5) is 5.69 Å². The van der Waals surface area contributed by atoms with Gasteiger partial charge in [-0.1, -0.05) is 19.1 Å². The molecule has 0 radical (unpaired) electrons. The summed E-state index contributed by atoms with van der Waals surface area (Å²) in [7, 11) is 0. The highest BCUT2D eigenvalue weighted by atomic mass is 16.5. The van der Waals surface area contributed by atoms with Crippen molar-refractivity contribution in [1.29, 1.82) is 0 Å². The van der Waals surface area contributed by atoms with Crippen LogP contribution in [0.25, 0.3) is 0 Å². The molecule has 1 amide bonds. The molecule has 0 saturated carbocycles. The number of nitrogens with zero attached hydrogens (tertiary/aromatic N) is 1. The summed E-state index contributed by atoms with van der Waals surface area (Å²) in [5.74, 6) is 0.0204. The van der Waals surface area contributed by atoms with Crippen molar-refractivity contribution in [3.8, 4) is 0 Å². The average Bonchev–Trinajstić information content (AvgIpc) is 2.48. The number of hydrogen-bond acceptors (Lipinski definition) is 4.